The van der Waals surface area contributed by atoms with Gasteiger partial charge in [0.15, 0.2) is 11.6 Å². The molecule has 0 atom stereocenters. The maximum Gasteiger partial charge on any atom is 0.182 e. The van der Waals surface area contributed by atoms with Gasteiger partial charge in [0.1, 0.15) is 0 Å². The number of nitrogens with zero attached hydrogens (tertiary/aromatic N) is 1. The lowest BCUT2D eigenvalue weighted by atomic mass is 10.1. The van der Waals surface area contributed by atoms with Crippen molar-refractivity contribution in [2.24, 2.45) is 0 Å². The van der Waals surface area contributed by atoms with Gasteiger partial charge in [-0.05, 0) is 43.7 Å². The van der Waals surface area contributed by atoms with Gasteiger partial charge in [-0.1, -0.05) is 18.5 Å². The zero-order valence-electron chi connectivity index (χ0n) is 10.7. The summed E-state index contributed by atoms with van der Waals surface area (Å²) in [6.07, 6.45) is 7.26. The molecule has 1 aliphatic carbocycles. The number of fused-ring (bicyclic) bond motifs is 1. The van der Waals surface area contributed by atoms with Crippen LogP contribution in [0.25, 0.3) is 10.6 Å². The second kappa shape index (κ2) is 4.76. The summed E-state index contributed by atoms with van der Waals surface area (Å²) in [5.74, 6) is 1.42. The van der Waals surface area contributed by atoms with Crippen molar-refractivity contribution in [1.29, 1.82) is 0 Å². The van der Waals surface area contributed by atoms with Crippen LogP contribution in [0.2, 0.25) is 0 Å². The fourth-order valence-corrected chi connectivity index (χ4v) is 3.89. The van der Waals surface area contributed by atoms with Gasteiger partial charge in [-0.15, -0.1) is 11.3 Å². The lowest BCUT2D eigenvalue weighted by molar-refractivity contribution is 0.436. The van der Waals surface area contributed by atoms with E-state index in [0.717, 1.165) is 17.7 Å². The van der Waals surface area contributed by atoms with Crippen molar-refractivity contribution in [2.45, 2.75) is 45.4 Å². The second-order valence-electron chi connectivity index (χ2n) is 4.85. The molecular formula is C14H18N2OS. The fourth-order valence-electron chi connectivity index (χ4n) is 2.64. The lowest BCUT2D eigenvalue weighted by Crippen LogP contribution is -1.90. The normalized spacial score (nSPS) is 15.4. The number of anilines is 1. The highest BCUT2D eigenvalue weighted by Crippen LogP contribution is 2.38. The van der Waals surface area contributed by atoms with Crippen LogP contribution in [0, 0.1) is 0 Å². The zero-order valence-corrected chi connectivity index (χ0v) is 11.5. The number of hydrogen-bond acceptors (Lipinski definition) is 4. The van der Waals surface area contributed by atoms with E-state index in [1.165, 1.54) is 47.4 Å². The molecule has 18 heavy (non-hydrogen) atoms. The monoisotopic (exact) mass is 262 g/mol. The highest BCUT2D eigenvalue weighted by Gasteiger charge is 2.19. The molecule has 0 spiro atoms. The Labute approximate surface area is 111 Å². The number of nitrogens with two attached hydrogens (primary N) is 1. The number of nitrogen functional groups attached to an aromatic ring is 1. The maximum absolute atomic E-state index is 5.84. The van der Waals surface area contributed by atoms with Gasteiger partial charge in [-0.25, -0.2) is 0 Å². The van der Waals surface area contributed by atoms with Gasteiger partial charge >= 0.3 is 0 Å². The van der Waals surface area contributed by atoms with E-state index in [2.05, 4.69) is 18.1 Å². The largest absolute Gasteiger partial charge is 0.381 e. The molecule has 1 aliphatic rings. The van der Waals surface area contributed by atoms with Gasteiger partial charge < -0.3 is 10.3 Å². The summed E-state index contributed by atoms with van der Waals surface area (Å²) in [7, 11) is 0. The van der Waals surface area contributed by atoms with E-state index in [0.29, 0.717) is 5.82 Å². The molecule has 4 heteroatoms. The van der Waals surface area contributed by atoms with Gasteiger partial charge in [0, 0.05) is 10.4 Å². The average molecular weight is 262 g/mol. The predicted octanol–water partition coefficient (Wildman–Crippen LogP) is 3.82. The average Bonchev–Trinajstić information content (AvgIpc) is 2.87. The molecule has 0 fully saturated rings. The highest BCUT2D eigenvalue weighted by atomic mass is 32.1. The van der Waals surface area contributed by atoms with Crippen LogP contribution in [0.15, 0.2) is 10.6 Å². The summed E-state index contributed by atoms with van der Waals surface area (Å²) in [6.45, 7) is 2.09. The Morgan fingerprint density at radius 3 is 3.00 bits per heavy atom. The molecule has 2 aromatic rings. The molecule has 2 N–H and O–H groups in total. The van der Waals surface area contributed by atoms with Gasteiger partial charge in [0.25, 0.3) is 0 Å². The molecule has 2 aromatic heterocycles. The molecule has 0 amide bonds. The minimum absolute atomic E-state index is 0.538. The van der Waals surface area contributed by atoms with Gasteiger partial charge in [-0.2, -0.15) is 0 Å². The van der Waals surface area contributed by atoms with E-state index < -0.39 is 0 Å². The number of rotatable bonds is 2. The van der Waals surface area contributed by atoms with Crippen molar-refractivity contribution in [3.63, 3.8) is 0 Å². The first kappa shape index (κ1) is 11.8. The first-order chi connectivity index (χ1) is 8.79. The van der Waals surface area contributed by atoms with Crippen LogP contribution in [0.5, 0.6) is 0 Å². The Balaban J connectivity index is 2.02. The Kier molecular flexibility index (Phi) is 3.12. The molecule has 0 saturated heterocycles. The summed E-state index contributed by atoms with van der Waals surface area (Å²) < 4.78 is 5.42. The van der Waals surface area contributed by atoms with Crippen LogP contribution < -0.4 is 5.73 Å². The van der Waals surface area contributed by atoms with Gasteiger partial charge in [-0.3, -0.25) is 0 Å². The first-order valence-corrected chi connectivity index (χ1v) is 7.47. The first-order valence-electron chi connectivity index (χ1n) is 6.65. The molecule has 0 bridgehead atoms. The second-order valence-corrected chi connectivity index (χ2v) is 5.99. The van der Waals surface area contributed by atoms with Crippen LogP contribution in [-0.4, -0.2) is 5.16 Å². The lowest BCUT2D eigenvalue weighted by Gasteiger charge is -1.95. The molecule has 0 unspecified atom stereocenters. The van der Waals surface area contributed by atoms with Crippen molar-refractivity contribution in [1.82, 2.24) is 5.16 Å². The zero-order chi connectivity index (χ0) is 12.5. The summed E-state index contributed by atoms with van der Waals surface area (Å²) in [4.78, 5) is 2.72. The van der Waals surface area contributed by atoms with E-state index in [1.54, 1.807) is 0 Å². The molecule has 2 heterocycles. The molecule has 0 aliphatic heterocycles. The van der Waals surface area contributed by atoms with Crippen molar-refractivity contribution in [3.05, 3.63) is 22.1 Å². The van der Waals surface area contributed by atoms with E-state index in [4.69, 9.17) is 10.3 Å². The molecule has 96 valence electrons. The summed E-state index contributed by atoms with van der Waals surface area (Å²) in [5.41, 5.74) is 8.39. The molecule has 0 radical (unpaired) electrons. The van der Waals surface area contributed by atoms with Crippen LogP contribution in [-0.2, 0) is 19.3 Å². The van der Waals surface area contributed by atoms with Gasteiger partial charge in [0.2, 0.25) is 0 Å². The molecule has 3 nitrogen and oxygen atoms in total. The topological polar surface area (TPSA) is 52.0 Å². The summed E-state index contributed by atoms with van der Waals surface area (Å²) >= 11 is 1.86. The number of thiophene rings is 1. The Morgan fingerprint density at radius 2 is 2.17 bits per heavy atom. The van der Waals surface area contributed by atoms with Gasteiger partial charge in [0.05, 0.1) is 4.88 Å². The van der Waals surface area contributed by atoms with Crippen LogP contribution >= 0.6 is 11.3 Å². The Hall–Kier alpha value is -1.29. The van der Waals surface area contributed by atoms with E-state index in [-0.39, 0.29) is 0 Å². The molecule has 0 aromatic carbocycles. The third kappa shape index (κ3) is 1.94. The summed E-state index contributed by atoms with van der Waals surface area (Å²) in [5, 5.41) is 3.90. The number of aryl methyl sites for hydroxylation is 2. The Bertz CT molecular complexity index is 533. The fraction of sp³-hybridized carbons (Fsp3) is 0.500. The Morgan fingerprint density at radius 1 is 1.33 bits per heavy atom. The molecule has 0 saturated carbocycles. The quantitative estimate of drug-likeness (QED) is 0.837. The van der Waals surface area contributed by atoms with Crippen LogP contribution in [0.1, 0.15) is 42.2 Å². The smallest absolute Gasteiger partial charge is 0.182 e. The van der Waals surface area contributed by atoms with Crippen molar-refractivity contribution < 1.29 is 4.52 Å². The van der Waals surface area contributed by atoms with Crippen molar-refractivity contribution in [2.75, 3.05) is 5.73 Å². The minimum atomic E-state index is 0.538. The van der Waals surface area contributed by atoms with E-state index in [9.17, 15) is 0 Å². The molecule has 3 rings (SSSR count). The predicted molar refractivity (Wildman–Crippen MR) is 74.9 cm³/mol. The standard InChI is InChI=1S/C14H18N2OS/c1-2-10-13(17-16-14(10)15)12-8-9-6-4-3-5-7-11(9)18-12/h8H,2-7H2,1H3,(H2,15,16). The van der Waals surface area contributed by atoms with E-state index >= 15 is 0 Å². The third-order valence-electron chi connectivity index (χ3n) is 3.64. The number of aromatic nitrogens is 1. The van der Waals surface area contributed by atoms with Crippen LogP contribution in [0.3, 0.4) is 0 Å². The van der Waals surface area contributed by atoms with Crippen molar-refractivity contribution in [3.8, 4) is 10.6 Å². The number of hydrogen-bond donors (Lipinski definition) is 1. The highest BCUT2D eigenvalue weighted by molar-refractivity contribution is 7.15. The SMILES string of the molecule is CCc1c(N)noc1-c1cc2c(s1)CCCCC2. The van der Waals surface area contributed by atoms with E-state index in [1.807, 2.05) is 11.3 Å². The molecular weight excluding hydrogens is 244 g/mol. The minimum Gasteiger partial charge on any atom is -0.381 e. The summed E-state index contributed by atoms with van der Waals surface area (Å²) in [6, 6.07) is 2.28. The van der Waals surface area contributed by atoms with Crippen molar-refractivity contribution >= 4 is 17.2 Å². The maximum atomic E-state index is 5.84. The van der Waals surface area contributed by atoms with Crippen LogP contribution in [0.4, 0.5) is 5.82 Å². The third-order valence-corrected chi connectivity index (χ3v) is 4.88.